The van der Waals surface area contributed by atoms with E-state index in [0.717, 1.165) is 19.5 Å². The second-order valence-corrected chi connectivity index (χ2v) is 5.03. The minimum Gasteiger partial charge on any atom is -0.398 e. The Hall–Kier alpha value is -1.26. The van der Waals surface area contributed by atoms with Crippen LogP contribution in [0.2, 0.25) is 5.02 Å². The maximum absolute atomic E-state index is 12.1. The van der Waals surface area contributed by atoms with Gasteiger partial charge in [-0.3, -0.25) is 4.79 Å². The lowest BCUT2D eigenvalue weighted by Crippen LogP contribution is -2.29. The zero-order valence-electron chi connectivity index (χ0n) is 11.1. The molecule has 0 atom stereocenters. The number of anilines is 1. The molecule has 0 unspecified atom stereocenters. The number of amides is 1. The molecule has 0 saturated heterocycles. The minimum atomic E-state index is -0.0304. The third-order valence-electron chi connectivity index (χ3n) is 2.69. The molecule has 5 heteroatoms. The molecule has 0 spiro atoms. The van der Waals surface area contributed by atoms with E-state index in [4.69, 9.17) is 17.3 Å². The molecule has 2 N–H and O–H groups in total. The Labute approximate surface area is 113 Å². The number of benzene rings is 1. The van der Waals surface area contributed by atoms with E-state index in [-0.39, 0.29) is 5.91 Å². The quantitative estimate of drug-likeness (QED) is 0.831. The lowest BCUT2D eigenvalue weighted by atomic mass is 10.1. The van der Waals surface area contributed by atoms with E-state index in [2.05, 4.69) is 4.90 Å². The van der Waals surface area contributed by atoms with E-state index in [1.165, 1.54) is 0 Å². The number of hydrogen-bond donors (Lipinski definition) is 1. The first-order valence-corrected chi connectivity index (χ1v) is 6.25. The highest BCUT2D eigenvalue weighted by atomic mass is 35.5. The van der Waals surface area contributed by atoms with Crippen LogP contribution in [0.15, 0.2) is 18.2 Å². The predicted molar refractivity (Wildman–Crippen MR) is 76.0 cm³/mol. The molecular weight excluding hydrogens is 250 g/mol. The molecule has 0 saturated carbocycles. The number of carbonyl (C=O) groups excluding carboxylic acids is 1. The summed E-state index contributed by atoms with van der Waals surface area (Å²) in [6.45, 7) is 1.68. The number of hydrogen-bond acceptors (Lipinski definition) is 3. The SMILES string of the molecule is CN(C)CCCN(C)C(=O)c1ccc(Cl)c(N)c1. The number of nitrogens with two attached hydrogens (primary N) is 1. The molecular formula is C13H20ClN3O. The standard InChI is InChI=1S/C13H20ClN3O/c1-16(2)7-4-8-17(3)13(18)10-5-6-11(14)12(15)9-10/h5-6,9H,4,7-8,15H2,1-3H3. The van der Waals surface area contributed by atoms with Crippen LogP contribution in [0.1, 0.15) is 16.8 Å². The van der Waals surface area contributed by atoms with Crippen LogP contribution in [0.3, 0.4) is 0 Å². The second kappa shape index (κ2) is 6.61. The van der Waals surface area contributed by atoms with Crippen LogP contribution in [0.5, 0.6) is 0 Å². The Kier molecular flexibility index (Phi) is 5.44. The number of nitrogens with zero attached hydrogens (tertiary/aromatic N) is 2. The molecule has 4 nitrogen and oxygen atoms in total. The van der Waals surface area contributed by atoms with Crippen LogP contribution in [-0.4, -0.2) is 49.9 Å². The van der Waals surface area contributed by atoms with E-state index in [1.807, 2.05) is 14.1 Å². The number of nitrogen functional groups attached to an aromatic ring is 1. The molecule has 0 heterocycles. The third kappa shape index (κ3) is 4.20. The summed E-state index contributed by atoms with van der Waals surface area (Å²) in [7, 11) is 5.83. The Morgan fingerprint density at radius 1 is 1.28 bits per heavy atom. The first-order valence-electron chi connectivity index (χ1n) is 5.87. The summed E-state index contributed by atoms with van der Waals surface area (Å²) in [6, 6.07) is 4.97. The van der Waals surface area contributed by atoms with Gasteiger partial charge in [0.2, 0.25) is 0 Å². The molecule has 1 amide bonds. The fourth-order valence-electron chi connectivity index (χ4n) is 1.62. The molecule has 0 aromatic heterocycles. The van der Waals surface area contributed by atoms with Crippen molar-refractivity contribution in [1.82, 2.24) is 9.80 Å². The highest BCUT2D eigenvalue weighted by Crippen LogP contribution is 2.20. The zero-order chi connectivity index (χ0) is 13.7. The summed E-state index contributed by atoms with van der Waals surface area (Å²) in [6.07, 6.45) is 0.943. The van der Waals surface area contributed by atoms with Gasteiger partial charge in [0.1, 0.15) is 0 Å². The average Bonchev–Trinajstić information content (AvgIpc) is 2.31. The van der Waals surface area contributed by atoms with Gasteiger partial charge in [0.05, 0.1) is 10.7 Å². The topological polar surface area (TPSA) is 49.6 Å². The van der Waals surface area contributed by atoms with Crippen molar-refractivity contribution in [1.29, 1.82) is 0 Å². The minimum absolute atomic E-state index is 0.0304. The van der Waals surface area contributed by atoms with Crippen molar-refractivity contribution in [2.24, 2.45) is 0 Å². The monoisotopic (exact) mass is 269 g/mol. The van der Waals surface area contributed by atoms with Gasteiger partial charge in [0.25, 0.3) is 5.91 Å². The molecule has 1 aromatic rings. The Morgan fingerprint density at radius 2 is 1.94 bits per heavy atom. The molecule has 0 aliphatic heterocycles. The fraction of sp³-hybridized carbons (Fsp3) is 0.462. The van der Waals surface area contributed by atoms with Crippen molar-refractivity contribution in [3.8, 4) is 0 Å². The molecule has 18 heavy (non-hydrogen) atoms. The van der Waals surface area contributed by atoms with E-state index >= 15 is 0 Å². The maximum atomic E-state index is 12.1. The normalized spacial score (nSPS) is 10.7. The van der Waals surface area contributed by atoms with Crippen LogP contribution < -0.4 is 5.73 Å². The fourth-order valence-corrected chi connectivity index (χ4v) is 1.74. The van der Waals surface area contributed by atoms with E-state index < -0.39 is 0 Å². The molecule has 1 aromatic carbocycles. The summed E-state index contributed by atoms with van der Waals surface area (Å²) in [5, 5.41) is 0.474. The predicted octanol–water partition coefficient (Wildman–Crippen LogP) is 1.95. The lowest BCUT2D eigenvalue weighted by molar-refractivity contribution is 0.0790. The summed E-state index contributed by atoms with van der Waals surface area (Å²) in [5.41, 5.74) is 6.70. The van der Waals surface area contributed by atoms with E-state index in [0.29, 0.717) is 16.3 Å². The van der Waals surface area contributed by atoms with Gasteiger partial charge < -0.3 is 15.5 Å². The number of halogens is 1. The average molecular weight is 270 g/mol. The van der Waals surface area contributed by atoms with Crippen LogP contribution in [-0.2, 0) is 0 Å². The number of rotatable bonds is 5. The van der Waals surface area contributed by atoms with Gasteiger partial charge >= 0.3 is 0 Å². The smallest absolute Gasteiger partial charge is 0.253 e. The van der Waals surface area contributed by atoms with Crippen LogP contribution >= 0.6 is 11.6 Å². The van der Waals surface area contributed by atoms with Crippen LogP contribution in [0.25, 0.3) is 0 Å². The molecule has 100 valence electrons. The van der Waals surface area contributed by atoms with Crippen molar-refractivity contribution in [3.05, 3.63) is 28.8 Å². The highest BCUT2D eigenvalue weighted by Gasteiger charge is 2.12. The van der Waals surface area contributed by atoms with Gasteiger partial charge in [-0.05, 0) is 45.3 Å². The summed E-state index contributed by atoms with van der Waals surface area (Å²) in [5.74, 6) is -0.0304. The van der Waals surface area contributed by atoms with Crippen molar-refractivity contribution in [2.45, 2.75) is 6.42 Å². The summed E-state index contributed by atoms with van der Waals surface area (Å²) < 4.78 is 0. The summed E-state index contributed by atoms with van der Waals surface area (Å²) >= 11 is 5.83. The first kappa shape index (κ1) is 14.8. The zero-order valence-corrected chi connectivity index (χ0v) is 11.9. The van der Waals surface area contributed by atoms with Crippen molar-refractivity contribution < 1.29 is 4.79 Å². The van der Waals surface area contributed by atoms with Crippen LogP contribution in [0.4, 0.5) is 5.69 Å². The molecule has 0 fully saturated rings. The number of carbonyl (C=O) groups is 1. The van der Waals surface area contributed by atoms with Crippen molar-refractivity contribution in [2.75, 3.05) is 40.0 Å². The third-order valence-corrected chi connectivity index (χ3v) is 3.03. The Bertz CT molecular complexity index is 421. The molecule has 0 radical (unpaired) electrons. The molecule has 0 aliphatic carbocycles. The Morgan fingerprint density at radius 3 is 2.50 bits per heavy atom. The molecule has 0 aliphatic rings. The van der Waals surface area contributed by atoms with Gasteiger partial charge in [-0.1, -0.05) is 11.6 Å². The Balaban J connectivity index is 2.60. The summed E-state index contributed by atoms with van der Waals surface area (Å²) in [4.78, 5) is 15.9. The van der Waals surface area contributed by atoms with E-state index in [1.54, 1.807) is 30.1 Å². The lowest BCUT2D eigenvalue weighted by Gasteiger charge is -2.18. The molecule has 0 bridgehead atoms. The van der Waals surface area contributed by atoms with E-state index in [9.17, 15) is 4.79 Å². The van der Waals surface area contributed by atoms with Gasteiger partial charge in [-0.2, -0.15) is 0 Å². The first-order chi connectivity index (χ1) is 8.41. The highest BCUT2D eigenvalue weighted by molar-refractivity contribution is 6.33. The van der Waals surface area contributed by atoms with Gasteiger partial charge in [0, 0.05) is 19.2 Å². The van der Waals surface area contributed by atoms with Gasteiger partial charge in [-0.15, -0.1) is 0 Å². The van der Waals surface area contributed by atoms with Gasteiger partial charge in [0.15, 0.2) is 0 Å². The molecule has 1 rings (SSSR count). The maximum Gasteiger partial charge on any atom is 0.253 e. The second-order valence-electron chi connectivity index (χ2n) is 4.62. The van der Waals surface area contributed by atoms with Crippen molar-refractivity contribution in [3.63, 3.8) is 0 Å². The van der Waals surface area contributed by atoms with Crippen molar-refractivity contribution >= 4 is 23.2 Å². The largest absolute Gasteiger partial charge is 0.398 e. The van der Waals surface area contributed by atoms with Crippen LogP contribution in [0, 0.1) is 0 Å². The van der Waals surface area contributed by atoms with Gasteiger partial charge in [-0.25, -0.2) is 0 Å².